The normalized spacial score (nSPS) is 16.8. The molecule has 1 aliphatic rings. The van der Waals surface area contributed by atoms with Gasteiger partial charge in [0.15, 0.2) is 0 Å². The number of thiophene rings is 1. The highest BCUT2D eigenvalue weighted by Crippen LogP contribution is 2.35. The fraction of sp³-hybridized carbons (Fsp3) is 0.125. The maximum atomic E-state index is 4.38. The molecule has 6 heteroatoms. The van der Waals surface area contributed by atoms with Crippen LogP contribution in [0.5, 0.6) is 0 Å². The minimum absolute atomic E-state index is 0.0809. The number of nitrogens with one attached hydrogen (secondary N) is 1. The van der Waals surface area contributed by atoms with Gasteiger partial charge in [-0.25, -0.2) is 4.68 Å². The highest BCUT2D eigenvalue weighted by Gasteiger charge is 2.25. The predicted molar refractivity (Wildman–Crippen MR) is 93.0 cm³/mol. The molecular formula is C16H13BrN4S. The molecule has 0 spiro atoms. The van der Waals surface area contributed by atoms with E-state index in [9.17, 15) is 0 Å². The molecule has 110 valence electrons. The summed E-state index contributed by atoms with van der Waals surface area (Å²) in [6.07, 6.45) is 3.81. The van der Waals surface area contributed by atoms with Gasteiger partial charge in [-0.2, -0.15) is 10.1 Å². The highest BCUT2D eigenvalue weighted by molar-refractivity contribution is 9.10. The zero-order chi connectivity index (χ0) is 15.1. The standard InChI is InChI=1S/C16H13BrN4S/c1-10-6-7-22-15(10)14-8-13(11-2-4-12(17)5-3-11)20-16-18-9-19-21(14)16/h2-9,14H,1H3,(H,18,19,20)/t14-/m1/s1. The molecule has 0 aliphatic carbocycles. The van der Waals surface area contributed by atoms with Gasteiger partial charge in [0.1, 0.15) is 12.4 Å². The van der Waals surface area contributed by atoms with Crippen LogP contribution in [0.15, 0.2) is 52.6 Å². The predicted octanol–water partition coefficient (Wildman–Crippen LogP) is 4.47. The van der Waals surface area contributed by atoms with Crippen molar-refractivity contribution >= 4 is 38.9 Å². The number of aryl methyl sites for hydroxylation is 1. The highest BCUT2D eigenvalue weighted by atomic mass is 79.9. The quantitative estimate of drug-likeness (QED) is 0.721. The van der Waals surface area contributed by atoms with Gasteiger partial charge in [0.2, 0.25) is 5.95 Å². The Labute approximate surface area is 140 Å². The zero-order valence-corrected chi connectivity index (χ0v) is 14.2. The number of hydrogen-bond acceptors (Lipinski definition) is 4. The van der Waals surface area contributed by atoms with Crippen LogP contribution in [0.3, 0.4) is 0 Å². The van der Waals surface area contributed by atoms with E-state index in [1.807, 2.05) is 16.8 Å². The van der Waals surface area contributed by atoms with Crippen LogP contribution in [0.1, 0.15) is 22.0 Å². The van der Waals surface area contributed by atoms with E-state index >= 15 is 0 Å². The molecule has 4 nitrogen and oxygen atoms in total. The Morgan fingerprint density at radius 1 is 1.23 bits per heavy atom. The van der Waals surface area contributed by atoms with Crippen LogP contribution < -0.4 is 5.32 Å². The molecule has 0 saturated carbocycles. The molecule has 0 bridgehead atoms. The first-order valence-corrected chi connectivity index (χ1v) is 8.58. The summed E-state index contributed by atoms with van der Waals surface area (Å²) in [7, 11) is 0. The van der Waals surface area contributed by atoms with Crippen LogP contribution in [0.4, 0.5) is 5.95 Å². The molecule has 4 rings (SSSR count). The van der Waals surface area contributed by atoms with Crippen molar-refractivity contribution in [2.75, 3.05) is 5.32 Å². The topological polar surface area (TPSA) is 42.7 Å². The number of anilines is 1. The maximum absolute atomic E-state index is 4.38. The lowest BCUT2D eigenvalue weighted by atomic mass is 10.1. The van der Waals surface area contributed by atoms with Gasteiger partial charge in [0.05, 0.1) is 0 Å². The summed E-state index contributed by atoms with van der Waals surface area (Å²) in [6.45, 7) is 2.14. The minimum atomic E-state index is 0.0809. The zero-order valence-electron chi connectivity index (χ0n) is 11.8. The van der Waals surface area contributed by atoms with Gasteiger partial charge in [0.25, 0.3) is 0 Å². The summed E-state index contributed by atoms with van der Waals surface area (Å²) in [5.41, 5.74) is 3.48. The lowest BCUT2D eigenvalue weighted by molar-refractivity contribution is 0.618. The molecule has 1 atom stereocenters. The Bertz CT molecular complexity index is 847. The van der Waals surface area contributed by atoms with Crippen LogP contribution in [-0.4, -0.2) is 14.8 Å². The van der Waals surface area contributed by atoms with Crippen LogP contribution in [0.2, 0.25) is 0 Å². The second-order valence-electron chi connectivity index (χ2n) is 5.15. The van der Waals surface area contributed by atoms with E-state index in [2.05, 4.69) is 67.9 Å². The van der Waals surface area contributed by atoms with E-state index in [1.54, 1.807) is 17.7 Å². The summed E-state index contributed by atoms with van der Waals surface area (Å²) in [6, 6.07) is 10.5. The second-order valence-corrected chi connectivity index (χ2v) is 7.02. The first kappa shape index (κ1) is 13.7. The molecule has 0 radical (unpaired) electrons. The molecule has 2 aromatic heterocycles. The van der Waals surface area contributed by atoms with Crippen molar-refractivity contribution in [2.24, 2.45) is 0 Å². The molecule has 1 aliphatic heterocycles. The van der Waals surface area contributed by atoms with E-state index in [-0.39, 0.29) is 6.04 Å². The number of hydrogen-bond donors (Lipinski definition) is 1. The Balaban J connectivity index is 1.82. The average molecular weight is 373 g/mol. The first-order chi connectivity index (χ1) is 10.7. The summed E-state index contributed by atoms with van der Waals surface area (Å²) in [5, 5.41) is 9.86. The number of allylic oxidation sites excluding steroid dienone is 1. The van der Waals surface area contributed by atoms with Gasteiger partial charge in [-0.05, 0) is 47.7 Å². The van der Waals surface area contributed by atoms with Gasteiger partial charge >= 0.3 is 0 Å². The molecule has 22 heavy (non-hydrogen) atoms. The fourth-order valence-electron chi connectivity index (χ4n) is 2.61. The molecule has 3 heterocycles. The number of halogens is 1. The molecular weight excluding hydrogens is 360 g/mol. The van der Waals surface area contributed by atoms with Crippen molar-refractivity contribution in [1.82, 2.24) is 14.8 Å². The number of rotatable bonds is 2. The average Bonchev–Trinajstić information content (AvgIpc) is 3.15. The molecule has 1 N–H and O–H groups in total. The Kier molecular flexibility index (Phi) is 3.35. The van der Waals surface area contributed by atoms with E-state index in [0.29, 0.717) is 0 Å². The lowest BCUT2D eigenvalue weighted by Crippen LogP contribution is -2.20. The van der Waals surface area contributed by atoms with E-state index in [0.717, 1.165) is 21.7 Å². The third-order valence-electron chi connectivity index (χ3n) is 3.73. The second kappa shape index (κ2) is 5.37. The summed E-state index contributed by atoms with van der Waals surface area (Å²) < 4.78 is 3.00. The number of aromatic nitrogens is 3. The minimum Gasteiger partial charge on any atom is -0.324 e. The molecule has 0 amide bonds. The molecule has 3 aromatic rings. The van der Waals surface area contributed by atoms with Crippen molar-refractivity contribution in [1.29, 1.82) is 0 Å². The van der Waals surface area contributed by atoms with E-state index in [1.165, 1.54) is 10.4 Å². The third kappa shape index (κ3) is 2.28. The van der Waals surface area contributed by atoms with Crippen LogP contribution in [0, 0.1) is 6.92 Å². The third-order valence-corrected chi connectivity index (χ3v) is 5.35. The monoisotopic (exact) mass is 372 g/mol. The van der Waals surface area contributed by atoms with Crippen molar-refractivity contribution in [3.8, 4) is 0 Å². The molecule has 0 fully saturated rings. The lowest BCUT2D eigenvalue weighted by Gasteiger charge is -2.24. The van der Waals surface area contributed by atoms with Gasteiger partial charge in [-0.15, -0.1) is 11.3 Å². The van der Waals surface area contributed by atoms with Gasteiger partial charge in [-0.1, -0.05) is 28.1 Å². The summed E-state index contributed by atoms with van der Waals surface area (Å²) in [4.78, 5) is 5.63. The molecule has 0 saturated heterocycles. The van der Waals surface area contributed by atoms with E-state index in [4.69, 9.17) is 0 Å². The number of fused-ring (bicyclic) bond motifs is 1. The van der Waals surface area contributed by atoms with Crippen molar-refractivity contribution in [3.63, 3.8) is 0 Å². The van der Waals surface area contributed by atoms with Gasteiger partial charge in [0, 0.05) is 15.0 Å². The molecule has 1 aromatic carbocycles. The Morgan fingerprint density at radius 2 is 2.05 bits per heavy atom. The summed E-state index contributed by atoms with van der Waals surface area (Å²) in [5.74, 6) is 0.776. The number of benzene rings is 1. The van der Waals surface area contributed by atoms with Crippen LogP contribution in [-0.2, 0) is 0 Å². The first-order valence-electron chi connectivity index (χ1n) is 6.90. The van der Waals surface area contributed by atoms with Gasteiger partial charge < -0.3 is 5.32 Å². The van der Waals surface area contributed by atoms with Crippen molar-refractivity contribution in [2.45, 2.75) is 13.0 Å². The Hall–Kier alpha value is -1.92. The number of nitrogens with zero attached hydrogens (tertiary/aromatic N) is 3. The van der Waals surface area contributed by atoms with Crippen LogP contribution >= 0.6 is 27.3 Å². The summed E-state index contributed by atoms with van der Waals surface area (Å²) >= 11 is 5.23. The van der Waals surface area contributed by atoms with Crippen LogP contribution in [0.25, 0.3) is 5.70 Å². The fourth-order valence-corrected chi connectivity index (χ4v) is 3.85. The smallest absolute Gasteiger partial charge is 0.226 e. The maximum Gasteiger partial charge on any atom is 0.226 e. The largest absolute Gasteiger partial charge is 0.324 e. The SMILES string of the molecule is Cc1ccsc1[C@H]1C=C(c2ccc(Br)cc2)Nc2ncnn21. The Morgan fingerprint density at radius 3 is 2.77 bits per heavy atom. The van der Waals surface area contributed by atoms with Gasteiger partial charge in [-0.3, -0.25) is 0 Å². The molecule has 0 unspecified atom stereocenters. The van der Waals surface area contributed by atoms with Crippen molar-refractivity contribution < 1.29 is 0 Å². The van der Waals surface area contributed by atoms with Crippen molar-refractivity contribution in [3.05, 3.63) is 68.6 Å². The van der Waals surface area contributed by atoms with E-state index < -0.39 is 0 Å².